The number of amides is 2. The second-order valence-corrected chi connectivity index (χ2v) is 10.5. The van der Waals surface area contributed by atoms with Crippen molar-refractivity contribution in [3.63, 3.8) is 0 Å². The smallest absolute Gasteiger partial charge is 0.308 e. The standard InChI is InChI=1S/C30H46N2O9/c1-23(33)22-26(34)13-10-24-8-11-25(12-9-24)32-28(36)7-5-6-27(35)31-15-17-39-19-21-40-20-18-38-16-14-29(37)41-30(2,3)4/h8-9,11-12H,5-7,10,13-22H2,1-4H3,(H,31,35)(H,32,36). The number of rotatable bonds is 22. The fourth-order valence-electron chi connectivity index (χ4n) is 3.48. The molecule has 0 aliphatic rings. The minimum Gasteiger partial charge on any atom is -0.460 e. The Morgan fingerprint density at radius 3 is 1.93 bits per heavy atom. The number of hydrogen-bond donors (Lipinski definition) is 2. The number of carbonyl (C=O) groups excluding carboxylic acids is 5. The minimum absolute atomic E-state index is 0.0331. The number of ketones is 2. The molecule has 0 aliphatic carbocycles. The van der Waals surface area contributed by atoms with Gasteiger partial charge in [0.25, 0.3) is 0 Å². The molecule has 0 saturated heterocycles. The van der Waals surface area contributed by atoms with Gasteiger partial charge in [0, 0.05) is 31.5 Å². The molecule has 0 aliphatic heterocycles. The molecule has 41 heavy (non-hydrogen) atoms. The third kappa shape index (κ3) is 21.3. The summed E-state index contributed by atoms with van der Waals surface area (Å²) in [7, 11) is 0. The highest BCUT2D eigenvalue weighted by molar-refractivity contribution is 5.98. The van der Waals surface area contributed by atoms with Crippen molar-refractivity contribution >= 4 is 35.0 Å². The maximum atomic E-state index is 12.2. The van der Waals surface area contributed by atoms with Crippen LogP contribution in [0.15, 0.2) is 24.3 Å². The number of hydrogen-bond acceptors (Lipinski definition) is 9. The van der Waals surface area contributed by atoms with E-state index in [4.69, 9.17) is 18.9 Å². The van der Waals surface area contributed by atoms with Gasteiger partial charge in [0.2, 0.25) is 11.8 Å². The highest BCUT2D eigenvalue weighted by atomic mass is 16.6. The van der Waals surface area contributed by atoms with E-state index in [2.05, 4.69) is 10.6 Å². The molecule has 0 atom stereocenters. The van der Waals surface area contributed by atoms with Crippen molar-refractivity contribution in [1.29, 1.82) is 0 Å². The molecular weight excluding hydrogens is 532 g/mol. The lowest BCUT2D eigenvalue weighted by Gasteiger charge is -2.19. The molecule has 2 N–H and O–H groups in total. The SMILES string of the molecule is CC(=O)CC(=O)CCc1ccc(NC(=O)CCCC(=O)NCCOCCOCCOCCC(=O)OC(C)(C)C)cc1. The van der Waals surface area contributed by atoms with Crippen molar-refractivity contribution in [3.05, 3.63) is 29.8 Å². The number of Topliss-reactive ketones (excluding diaryl/α,β-unsaturated/α-hetero) is 2. The van der Waals surface area contributed by atoms with E-state index >= 15 is 0 Å². The summed E-state index contributed by atoms with van der Waals surface area (Å²) in [6.45, 7) is 9.38. The minimum atomic E-state index is -0.497. The van der Waals surface area contributed by atoms with Gasteiger partial charge in [-0.2, -0.15) is 0 Å². The van der Waals surface area contributed by atoms with Crippen LogP contribution in [0.1, 0.15) is 71.8 Å². The summed E-state index contributed by atoms with van der Waals surface area (Å²) in [6, 6.07) is 7.21. The van der Waals surface area contributed by atoms with Gasteiger partial charge in [-0.1, -0.05) is 12.1 Å². The lowest BCUT2D eigenvalue weighted by Crippen LogP contribution is -2.27. The molecule has 0 radical (unpaired) electrons. The topological polar surface area (TPSA) is 146 Å². The first-order chi connectivity index (χ1) is 19.4. The lowest BCUT2D eigenvalue weighted by atomic mass is 10.0. The zero-order chi connectivity index (χ0) is 30.5. The van der Waals surface area contributed by atoms with Gasteiger partial charge >= 0.3 is 5.97 Å². The number of benzene rings is 1. The number of ether oxygens (including phenoxy) is 4. The molecule has 0 spiro atoms. The monoisotopic (exact) mass is 578 g/mol. The Kier molecular flexibility index (Phi) is 18.1. The zero-order valence-electron chi connectivity index (χ0n) is 24.9. The number of anilines is 1. The second-order valence-electron chi connectivity index (χ2n) is 10.5. The Hall–Kier alpha value is -3.15. The van der Waals surface area contributed by atoms with Crippen LogP contribution in [0, 0.1) is 0 Å². The van der Waals surface area contributed by atoms with E-state index in [9.17, 15) is 24.0 Å². The summed E-state index contributed by atoms with van der Waals surface area (Å²) < 4.78 is 21.3. The Labute approximate surface area is 243 Å². The first kappa shape index (κ1) is 35.9. The summed E-state index contributed by atoms with van der Waals surface area (Å²) in [5, 5.41) is 5.55. The maximum absolute atomic E-state index is 12.2. The number of nitrogens with one attached hydrogen (secondary N) is 2. The predicted octanol–water partition coefficient (Wildman–Crippen LogP) is 3.17. The Morgan fingerprint density at radius 1 is 0.732 bits per heavy atom. The number of carbonyl (C=O) groups is 5. The van der Waals surface area contributed by atoms with Gasteiger partial charge in [0.05, 0.1) is 52.5 Å². The molecule has 1 rings (SSSR count). The van der Waals surface area contributed by atoms with Crippen molar-refractivity contribution in [2.45, 2.75) is 78.2 Å². The fourth-order valence-corrected chi connectivity index (χ4v) is 3.48. The van der Waals surface area contributed by atoms with Gasteiger partial charge in [0.1, 0.15) is 17.2 Å². The second kappa shape index (κ2) is 20.7. The van der Waals surface area contributed by atoms with E-state index in [1.165, 1.54) is 6.92 Å². The highest BCUT2D eigenvalue weighted by Crippen LogP contribution is 2.13. The van der Waals surface area contributed by atoms with Crippen molar-refractivity contribution < 1.29 is 42.9 Å². The van der Waals surface area contributed by atoms with E-state index in [-0.39, 0.29) is 61.6 Å². The number of esters is 1. The van der Waals surface area contributed by atoms with Crippen LogP contribution in [-0.2, 0) is 49.3 Å². The first-order valence-corrected chi connectivity index (χ1v) is 14.1. The molecule has 1 aromatic carbocycles. The van der Waals surface area contributed by atoms with E-state index in [0.29, 0.717) is 64.5 Å². The molecule has 11 heteroatoms. The Bertz CT molecular complexity index is 956. The van der Waals surface area contributed by atoms with Gasteiger partial charge in [-0.05, 0) is 58.2 Å². The highest BCUT2D eigenvalue weighted by Gasteiger charge is 2.15. The predicted molar refractivity (Wildman–Crippen MR) is 153 cm³/mol. The third-order valence-corrected chi connectivity index (χ3v) is 5.37. The van der Waals surface area contributed by atoms with Crippen LogP contribution in [0.5, 0.6) is 0 Å². The Balaban J connectivity index is 1.98. The van der Waals surface area contributed by atoms with Crippen LogP contribution in [-0.4, -0.2) is 81.1 Å². The van der Waals surface area contributed by atoms with Crippen LogP contribution < -0.4 is 10.6 Å². The van der Waals surface area contributed by atoms with Crippen molar-refractivity contribution in [3.8, 4) is 0 Å². The zero-order valence-corrected chi connectivity index (χ0v) is 24.9. The summed E-state index contributed by atoms with van der Waals surface area (Å²) in [6.07, 6.45) is 1.89. The third-order valence-electron chi connectivity index (χ3n) is 5.37. The summed E-state index contributed by atoms with van der Waals surface area (Å²) in [5.41, 5.74) is 1.10. The molecule has 2 amide bonds. The summed E-state index contributed by atoms with van der Waals surface area (Å²) in [5.74, 6) is -0.835. The van der Waals surface area contributed by atoms with Crippen molar-refractivity contribution in [2.75, 3.05) is 51.5 Å². The molecule has 0 fully saturated rings. The van der Waals surface area contributed by atoms with Crippen LogP contribution in [0.3, 0.4) is 0 Å². The van der Waals surface area contributed by atoms with E-state index in [1.54, 1.807) is 12.1 Å². The van der Waals surface area contributed by atoms with Crippen LogP contribution in [0.2, 0.25) is 0 Å². The molecule has 230 valence electrons. The molecule has 1 aromatic rings. The van der Waals surface area contributed by atoms with Gasteiger partial charge in [-0.3, -0.25) is 24.0 Å². The first-order valence-electron chi connectivity index (χ1n) is 14.1. The summed E-state index contributed by atoms with van der Waals surface area (Å²) in [4.78, 5) is 58.3. The normalized spacial score (nSPS) is 11.1. The van der Waals surface area contributed by atoms with Gasteiger partial charge in [-0.15, -0.1) is 0 Å². The summed E-state index contributed by atoms with van der Waals surface area (Å²) >= 11 is 0. The van der Waals surface area contributed by atoms with Crippen LogP contribution in [0.4, 0.5) is 5.69 Å². The molecular formula is C30H46N2O9. The largest absolute Gasteiger partial charge is 0.460 e. The number of aryl methyl sites for hydroxylation is 1. The molecule has 0 bridgehead atoms. The molecule has 0 saturated carbocycles. The molecule has 0 unspecified atom stereocenters. The van der Waals surface area contributed by atoms with Gasteiger partial charge < -0.3 is 29.6 Å². The van der Waals surface area contributed by atoms with Gasteiger partial charge in [0.15, 0.2) is 0 Å². The van der Waals surface area contributed by atoms with E-state index in [0.717, 1.165) is 5.56 Å². The fraction of sp³-hybridized carbons (Fsp3) is 0.633. The molecule has 0 heterocycles. The average Bonchev–Trinajstić information content (AvgIpc) is 2.87. The lowest BCUT2D eigenvalue weighted by molar-refractivity contribution is -0.156. The Morgan fingerprint density at radius 2 is 1.32 bits per heavy atom. The quantitative estimate of drug-likeness (QED) is 0.120. The van der Waals surface area contributed by atoms with Crippen molar-refractivity contribution in [2.24, 2.45) is 0 Å². The van der Waals surface area contributed by atoms with Crippen LogP contribution in [0.25, 0.3) is 0 Å². The average molecular weight is 579 g/mol. The van der Waals surface area contributed by atoms with Gasteiger partial charge in [-0.25, -0.2) is 0 Å². The molecule has 0 aromatic heterocycles. The van der Waals surface area contributed by atoms with Crippen molar-refractivity contribution in [1.82, 2.24) is 5.32 Å². The van der Waals surface area contributed by atoms with E-state index < -0.39 is 5.60 Å². The van der Waals surface area contributed by atoms with Crippen LogP contribution >= 0.6 is 0 Å². The maximum Gasteiger partial charge on any atom is 0.308 e. The molecule has 11 nitrogen and oxygen atoms in total. The van der Waals surface area contributed by atoms with E-state index in [1.807, 2.05) is 32.9 Å².